The van der Waals surface area contributed by atoms with Crippen LogP contribution in [-0.2, 0) is 36.8 Å². The quantitative estimate of drug-likeness (QED) is 0.295. The molecular weight excluding hydrogens is 570 g/mol. The molecule has 5 N–H and O–H groups in total. The lowest BCUT2D eigenvalue weighted by molar-refractivity contribution is -0.137. The first kappa shape index (κ1) is 32.3. The zero-order chi connectivity index (χ0) is 31.8. The van der Waals surface area contributed by atoms with Gasteiger partial charge in [-0.25, -0.2) is 0 Å². The van der Waals surface area contributed by atoms with E-state index >= 15 is 0 Å². The van der Waals surface area contributed by atoms with E-state index in [2.05, 4.69) is 21.3 Å². The highest BCUT2D eigenvalue weighted by Gasteiger charge is 2.33. The van der Waals surface area contributed by atoms with Crippen molar-refractivity contribution >= 4 is 29.5 Å². The lowest BCUT2D eigenvalue weighted by atomic mass is 10.0. The smallest absolute Gasteiger partial charge is 0.245 e. The summed E-state index contributed by atoms with van der Waals surface area (Å²) in [6.07, 6.45) is -1.22. The van der Waals surface area contributed by atoms with Crippen molar-refractivity contribution in [3.05, 3.63) is 59.7 Å². The number of carbonyl (C=O) groups excluding carboxylic acids is 5. The van der Waals surface area contributed by atoms with Crippen molar-refractivity contribution in [2.45, 2.75) is 57.8 Å². The zero-order valence-corrected chi connectivity index (χ0v) is 25.0. The number of hydrogen-bond acceptors (Lipinski definition) is 8. The molecule has 2 aromatic carbocycles. The van der Waals surface area contributed by atoms with Crippen LogP contribution in [0.1, 0.15) is 31.9 Å². The van der Waals surface area contributed by atoms with E-state index in [9.17, 15) is 29.1 Å². The van der Waals surface area contributed by atoms with Crippen LogP contribution in [-0.4, -0.2) is 90.2 Å². The molecule has 2 heterocycles. The largest absolute Gasteiger partial charge is 0.454 e. The Bertz CT molecular complexity index is 1370. The summed E-state index contributed by atoms with van der Waals surface area (Å²) >= 11 is 0. The highest BCUT2D eigenvalue weighted by molar-refractivity contribution is 5.95. The molecule has 1 saturated heterocycles. The Hall–Kier alpha value is -4.65. The van der Waals surface area contributed by atoms with E-state index in [0.717, 1.165) is 5.56 Å². The minimum atomic E-state index is -1.33. The number of carbonyl (C=O) groups is 5. The number of fused-ring (bicyclic) bond motifs is 1. The van der Waals surface area contributed by atoms with Gasteiger partial charge in [0.05, 0.1) is 19.1 Å². The van der Waals surface area contributed by atoms with Crippen molar-refractivity contribution in [1.29, 1.82) is 0 Å². The van der Waals surface area contributed by atoms with E-state index in [1.807, 2.05) is 6.07 Å². The first-order chi connectivity index (χ1) is 21.0. The third-order valence-electron chi connectivity index (χ3n) is 7.40. The van der Waals surface area contributed by atoms with Gasteiger partial charge in [-0.05, 0) is 36.1 Å². The maximum atomic E-state index is 13.5. The fraction of sp³-hybridized carbons (Fsp3) is 0.452. The molecule has 4 rings (SSSR count). The number of nitrogens with one attached hydrogen (secondary N) is 4. The maximum absolute atomic E-state index is 13.5. The van der Waals surface area contributed by atoms with E-state index in [1.165, 1.54) is 11.8 Å². The van der Waals surface area contributed by atoms with Gasteiger partial charge in [0.1, 0.15) is 18.1 Å². The SMILES string of the molecule is CC(C)[C@H]1NC(=O)CN(C(=O)Cc2ccc3c(c2)OCO3)CCNC(=O)[C@H]([C@@H](C)O)NC(=O)[C@H](Cc2ccccc2)NC1=O. The molecule has 0 aliphatic carbocycles. The summed E-state index contributed by atoms with van der Waals surface area (Å²) < 4.78 is 10.7. The average molecular weight is 610 g/mol. The van der Waals surface area contributed by atoms with Crippen molar-refractivity contribution in [3.63, 3.8) is 0 Å². The first-order valence-electron chi connectivity index (χ1n) is 14.6. The fourth-order valence-corrected chi connectivity index (χ4v) is 4.96. The second-order valence-corrected chi connectivity index (χ2v) is 11.2. The molecule has 0 spiro atoms. The van der Waals surface area contributed by atoms with Crippen LogP contribution in [0.2, 0.25) is 0 Å². The molecule has 13 nitrogen and oxygen atoms in total. The van der Waals surface area contributed by atoms with Crippen molar-refractivity contribution in [3.8, 4) is 11.5 Å². The van der Waals surface area contributed by atoms with E-state index in [4.69, 9.17) is 9.47 Å². The van der Waals surface area contributed by atoms with Gasteiger partial charge in [-0.15, -0.1) is 0 Å². The van der Waals surface area contributed by atoms with Gasteiger partial charge in [-0.1, -0.05) is 50.2 Å². The number of hydrogen-bond donors (Lipinski definition) is 5. The van der Waals surface area contributed by atoms with Crippen molar-refractivity contribution in [2.75, 3.05) is 26.4 Å². The molecule has 1 fully saturated rings. The number of amides is 5. The molecule has 0 aromatic heterocycles. The lowest BCUT2D eigenvalue weighted by Crippen LogP contribution is -2.60. The van der Waals surface area contributed by atoms with E-state index in [0.29, 0.717) is 17.1 Å². The summed E-state index contributed by atoms with van der Waals surface area (Å²) in [5.74, 6) is -2.21. The van der Waals surface area contributed by atoms with E-state index < -0.39 is 53.8 Å². The van der Waals surface area contributed by atoms with Gasteiger partial charge in [0, 0.05) is 19.5 Å². The van der Waals surface area contributed by atoms with Gasteiger partial charge in [0.15, 0.2) is 11.5 Å². The molecule has 13 heteroatoms. The van der Waals surface area contributed by atoms with Crippen LogP contribution in [0.3, 0.4) is 0 Å². The maximum Gasteiger partial charge on any atom is 0.245 e. The van der Waals surface area contributed by atoms with Crippen molar-refractivity contribution in [1.82, 2.24) is 26.2 Å². The molecule has 0 saturated carbocycles. The third kappa shape index (κ3) is 8.47. The molecule has 4 atom stereocenters. The Labute approximate surface area is 255 Å². The minimum absolute atomic E-state index is 0.0435. The topological polar surface area (TPSA) is 175 Å². The molecule has 0 radical (unpaired) electrons. The Balaban J connectivity index is 1.58. The van der Waals surface area contributed by atoms with Crippen LogP contribution in [0, 0.1) is 5.92 Å². The van der Waals surface area contributed by atoms with Crippen LogP contribution >= 0.6 is 0 Å². The molecule has 2 aromatic rings. The van der Waals surface area contributed by atoms with Crippen LogP contribution < -0.4 is 30.7 Å². The van der Waals surface area contributed by atoms with E-state index in [-0.39, 0.29) is 45.2 Å². The third-order valence-corrected chi connectivity index (χ3v) is 7.40. The molecule has 0 unspecified atom stereocenters. The second kappa shape index (κ2) is 14.7. The summed E-state index contributed by atoms with van der Waals surface area (Å²) in [7, 11) is 0. The van der Waals surface area contributed by atoms with Crippen LogP contribution in [0.25, 0.3) is 0 Å². The summed E-state index contributed by atoms with van der Waals surface area (Å²) in [6, 6.07) is 10.7. The number of benzene rings is 2. The Morgan fingerprint density at radius 2 is 1.61 bits per heavy atom. The standard InChI is InChI=1S/C31H39N5O8/c1-18(2)27-31(42)33-22(13-20-7-5-4-6-8-20)29(40)35-28(19(3)37)30(41)32-11-12-36(16-25(38)34-27)26(39)15-21-9-10-23-24(14-21)44-17-43-23/h4-10,14,18-19,22,27-28,37H,11-13,15-17H2,1-3H3,(H,32,41)(H,33,42)(H,34,38)(H,35,40)/t19-,22+,27-,28+/m1/s1. The van der Waals surface area contributed by atoms with Gasteiger partial charge < -0.3 is 40.7 Å². The van der Waals surface area contributed by atoms with Crippen LogP contribution in [0.4, 0.5) is 0 Å². The van der Waals surface area contributed by atoms with Crippen molar-refractivity contribution < 1.29 is 38.6 Å². The number of aliphatic hydroxyl groups is 1. The summed E-state index contributed by atoms with van der Waals surface area (Å²) in [4.78, 5) is 67.9. The minimum Gasteiger partial charge on any atom is -0.454 e. The summed E-state index contributed by atoms with van der Waals surface area (Å²) in [6.45, 7) is 4.47. The number of rotatable bonds is 6. The van der Waals surface area contributed by atoms with Gasteiger partial charge in [-0.3, -0.25) is 24.0 Å². The summed E-state index contributed by atoms with van der Waals surface area (Å²) in [5.41, 5.74) is 1.39. The monoisotopic (exact) mass is 609 g/mol. The number of ether oxygens (including phenoxy) is 2. The van der Waals surface area contributed by atoms with Gasteiger partial charge in [0.2, 0.25) is 36.3 Å². The Kier molecular flexibility index (Phi) is 10.8. The molecule has 2 aliphatic heterocycles. The highest BCUT2D eigenvalue weighted by Crippen LogP contribution is 2.32. The zero-order valence-electron chi connectivity index (χ0n) is 25.0. The first-order valence-corrected chi connectivity index (χ1v) is 14.6. The predicted molar refractivity (Wildman–Crippen MR) is 158 cm³/mol. The van der Waals surface area contributed by atoms with Crippen LogP contribution in [0.15, 0.2) is 48.5 Å². The fourth-order valence-electron chi connectivity index (χ4n) is 4.96. The van der Waals surface area contributed by atoms with Gasteiger partial charge >= 0.3 is 0 Å². The van der Waals surface area contributed by atoms with Gasteiger partial charge in [-0.2, -0.15) is 0 Å². The molecule has 5 amide bonds. The molecule has 236 valence electrons. The normalized spacial score (nSPS) is 22.2. The molecule has 44 heavy (non-hydrogen) atoms. The number of aliphatic hydroxyl groups excluding tert-OH is 1. The van der Waals surface area contributed by atoms with Gasteiger partial charge in [0.25, 0.3) is 0 Å². The Morgan fingerprint density at radius 3 is 2.32 bits per heavy atom. The molecule has 2 aliphatic rings. The highest BCUT2D eigenvalue weighted by atomic mass is 16.7. The summed E-state index contributed by atoms with van der Waals surface area (Å²) in [5, 5.41) is 21.0. The van der Waals surface area contributed by atoms with Crippen molar-refractivity contribution in [2.24, 2.45) is 5.92 Å². The molecule has 0 bridgehead atoms. The van der Waals surface area contributed by atoms with Crippen LogP contribution in [0.5, 0.6) is 11.5 Å². The number of nitrogens with zero attached hydrogens (tertiary/aromatic N) is 1. The predicted octanol–water partition coefficient (Wildman–Crippen LogP) is -0.350. The lowest BCUT2D eigenvalue weighted by Gasteiger charge is -2.27. The average Bonchev–Trinajstić information content (AvgIpc) is 3.45. The molecular formula is C31H39N5O8. The Morgan fingerprint density at radius 1 is 0.886 bits per heavy atom. The van der Waals surface area contributed by atoms with E-state index in [1.54, 1.807) is 56.3 Å². The second-order valence-electron chi connectivity index (χ2n) is 11.2.